The number of esters is 1. The molecule has 0 fully saturated rings. The SMILES string of the molecule is CCOC(=O)CC(O)C(O)c1c[nH]c(=O)cc1C. The molecular formula is C12H17NO5. The van der Waals surface area contributed by atoms with Gasteiger partial charge in [-0.05, 0) is 19.4 Å². The molecule has 2 unspecified atom stereocenters. The Balaban J connectivity index is 2.76. The van der Waals surface area contributed by atoms with E-state index in [-0.39, 0.29) is 18.6 Å². The molecule has 1 heterocycles. The van der Waals surface area contributed by atoms with Crippen LogP contribution in [0.5, 0.6) is 0 Å². The second-order valence-electron chi connectivity index (χ2n) is 3.96. The van der Waals surface area contributed by atoms with Gasteiger partial charge >= 0.3 is 5.97 Å². The lowest BCUT2D eigenvalue weighted by Crippen LogP contribution is -2.24. The second-order valence-corrected chi connectivity index (χ2v) is 3.96. The summed E-state index contributed by atoms with van der Waals surface area (Å²) >= 11 is 0. The number of aromatic amines is 1. The summed E-state index contributed by atoms with van der Waals surface area (Å²) in [6.45, 7) is 3.52. The van der Waals surface area contributed by atoms with Crippen LogP contribution in [0.25, 0.3) is 0 Å². The molecule has 0 radical (unpaired) electrons. The molecule has 0 amide bonds. The van der Waals surface area contributed by atoms with E-state index in [0.29, 0.717) is 11.1 Å². The first-order chi connectivity index (χ1) is 8.45. The third-order valence-corrected chi connectivity index (χ3v) is 2.54. The molecule has 18 heavy (non-hydrogen) atoms. The highest BCUT2D eigenvalue weighted by Crippen LogP contribution is 2.20. The lowest BCUT2D eigenvalue weighted by Gasteiger charge is -2.18. The molecular weight excluding hydrogens is 238 g/mol. The number of carbonyl (C=O) groups is 1. The number of hydrogen-bond donors (Lipinski definition) is 3. The number of carbonyl (C=O) groups excluding carboxylic acids is 1. The predicted octanol–water partition coefficient (Wildman–Crippen LogP) is 0.0308. The summed E-state index contributed by atoms with van der Waals surface area (Å²) < 4.78 is 4.68. The molecule has 0 aliphatic carbocycles. The van der Waals surface area contributed by atoms with Crippen LogP contribution in [-0.4, -0.2) is 33.9 Å². The van der Waals surface area contributed by atoms with E-state index in [4.69, 9.17) is 0 Å². The van der Waals surface area contributed by atoms with Crippen LogP contribution in [0.3, 0.4) is 0 Å². The highest BCUT2D eigenvalue weighted by molar-refractivity contribution is 5.70. The van der Waals surface area contributed by atoms with E-state index in [9.17, 15) is 19.8 Å². The van der Waals surface area contributed by atoms with Gasteiger partial charge in [0, 0.05) is 17.8 Å². The minimum atomic E-state index is -1.27. The van der Waals surface area contributed by atoms with E-state index in [2.05, 4.69) is 9.72 Å². The fourth-order valence-electron chi connectivity index (χ4n) is 1.61. The second kappa shape index (κ2) is 6.32. The van der Waals surface area contributed by atoms with Crippen molar-refractivity contribution in [1.82, 2.24) is 4.98 Å². The summed E-state index contributed by atoms with van der Waals surface area (Å²) in [6.07, 6.45) is -1.48. The van der Waals surface area contributed by atoms with Crippen molar-refractivity contribution in [3.8, 4) is 0 Å². The Morgan fingerprint density at radius 3 is 2.72 bits per heavy atom. The van der Waals surface area contributed by atoms with Crippen LogP contribution in [-0.2, 0) is 9.53 Å². The zero-order chi connectivity index (χ0) is 13.7. The van der Waals surface area contributed by atoms with Gasteiger partial charge in [0.15, 0.2) is 0 Å². The summed E-state index contributed by atoms with van der Waals surface area (Å²) in [5.41, 5.74) is 0.642. The van der Waals surface area contributed by atoms with Crippen LogP contribution < -0.4 is 5.56 Å². The summed E-state index contributed by atoms with van der Waals surface area (Å²) in [7, 11) is 0. The Morgan fingerprint density at radius 2 is 2.17 bits per heavy atom. The van der Waals surface area contributed by atoms with Crippen LogP contribution in [0, 0.1) is 6.92 Å². The summed E-state index contributed by atoms with van der Waals surface area (Å²) in [4.78, 5) is 24.6. The molecule has 0 spiro atoms. The van der Waals surface area contributed by atoms with E-state index in [0.717, 1.165) is 0 Å². The topological polar surface area (TPSA) is 99.6 Å². The molecule has 0 saturated carbocycles. The number of aromatic nitrogens is 1. The van der Waals surface area contributed by atoms with Crippen molar-refractivity contribution in [2.24, 2.45) is 0 Å². The number of aliphatic hydroxyl groups is 2. The van der Waals surface area contributed by atoms with Crippen molar-refractivity contribution < 1.29 is 19.7 Å². The summed E-state index contributed by atoms with van der Waals surface area (Å²) in [5, 5.41) is 19.6. The third-order valence-electron chi connectivity index (χ3n) is 2.54. The minimum absolute atomic E-state index is 0.222. The van der Waals surface area contributed by atoms with Gasteiger partial charge in [-0.25, -0.2) is 0 Å². The highest BCUT2D eigenvalue weighted by Gasteiger charge is 2.23. The van der Waals surface area contributed by atoms with Crippen molar-refractivity contribution in [3.63, 3.8) is 0 Å². The average molecular weight is 255 g/mol. The van der Waals surface area contributed by atoms with Gasteiger partial charge in [-0.1, -0.05) is 0 Å². The number of aliphatic hydroxyl groups excluding tert-OH is 2. The van der Waals surface area contributed by atoms with Crippen molar-refractivity contribution >= 4 is 5.97 Å². The maximum Gasteiger partial charge on any atom is 0.308 e. The first kappa shape index (κ1) is 14.4. The maximum absolute atomic E-state index is 11.2. The molecule has 6 heteroatoms. The van der Waals surface area contributed by atoms with E-state index in [1.807, 2.05) is 0 Å². The van der Waals surface area contributed by atoms with Crippen molar-refractivity contribution in [3.05, 3.63) is 33.7 Å². The van der Waals surface area contributed by atoms with Gasteiger partial charge in [-0.3, -0.25) is 9.59 Å². The number of ether oxygens (including phenoxy) is 1. The van der Waals surface area contributed by atoms with Crippen LogP contribution in [0.4, 0.5) is 0 Å². The third kappa shape index (κ3) is 3.68. The van der Waals surface area contributed by atoms with E-state index >= 15 is 0 Å². The zero-order valence-electron chi connectivity index (χ0n) is 10.3. The number of pyridine rings is 1. The lowest BCUT2D eigenvalue weighted by atomic mass is 10.00. The predicted molar refractivity (Wildman–Crippen MR) is 64.0 cm³/mol. The smallest absolute Gasteiger partial charge is 0.308 e. The number of H-pyrrole nitrogens is 1. The molecule has 0 aromatic carbocycles. The molecule has 2 atom stereocenters. The Labute approximate surface area is 104 Å². The van der Waals surface area contributed by atoms with E-state index in [1.54, 1.807) is 13.8 Å². The van der Waals surface area contributed by atoms with Crippen molar-refractivity contribution in [2.75, 3.05) is 6.61 Å². The van der Waals surface area contributed by atoms with Gasteiger partial charge in [0.25, 0.3) is 0 Å². The standard InChI is InChI=1S/C12H17NO5/c1-3-18-11(16)5-9(14)12(17)8-6-13-10(15)4-7(8)2/h4,6,9,12,14,17H,3,5H2,1-2H3,(H,13,15). The number of rotatable bonds is 5. The Kier molecular flexibility index (Phi) is 5.06. The van der Waals surface area contributed by atoms with E-state index in [1.165, 1.54) is 12.3 Å². The normalized spacial score (nSPS) is 14.0. The van der Waals surface area contributed by atoms with Crippen LogP contribution >= 0.6 is 0 Å². The lowest BCUT2D eigenvalue weighted by molar-refractivity contribution is -0.147. The number of nitrogens with one attached hydrogen (secondary N) is 1. The Bertz CT molecular complexity index is 468. The fourth-order valence-corrected chi connectivity index (χ4v) is 1.61. The average Bonchev–Trinajstić information content (AvgIpc) is 2.28. The molecule has 0 saturated heterocycles. The zero-order valence-corrected chi connectivity index (χ0v) is 10.3. The first-order valence-corrected chi connectivity index (χ1v) is 5.66. The molecule has 0 aliphatic rings. The Morgan fingerprint density at radius 1 is 1.50 bits per heavy atom. The fraction of sp³-hybridized carbons (Fsp3) is 0.500. The number of hydrogen-bond acceptors (Lipinski definition) is 5. The van der Waals surface area contributed by atoms with Gasteiger partial charge in [0.1, 0.15) is 6.10 Å². The Hall–Kier alpha value is -1.66. The molecule has 0 aliphatic heterocycles. The molecule has 3 N–H and O–H groups in total. The monoisotopic (exact) mass is 255 g/mol. The van der Waals surface area contributed by atoms with Crippen LogP contribution in [0.2, 0.25) is 0 Å². The van der Waals surface area contributed by atoms with Crippen LogP contribution in [0.15, 0.2) is 17.1 Å². The van der Waals surface area contributed by atoms with Gasteiger partial charge < -0.3 is 19.9 Å². The van der Waals surface area contributed by atoms with Crippen LogP contribution in [0.1, 0.15) is 30.6 Å². The van der Waals surface area contributed by atoms with Gasteiger partial charge in [-0.15, -0.1) is 0 Å². The molecule has 1 rings (SSSR count). The van der Waals surface area contributed by atoms with Crippen molar-refractivity contribution in [1.29, 1.82) is 0 Å². The molecule has 100 valence electrons. The molecule has 1 aromatic rings. The first-order valence-electron chi connectivity index (χ1n) is 5.66. The van der Waals surface area contributed by atoms with Crippen molar-refractivity contribution in [2.45, 2.75) is 32.5 Å². The summed E-state index contributed by atoms with van der Waals surface area (Å²) in [6, 6.07) is 1.32. The highest BCUT2D eigenvalue weighted by atomic mass is 16.5. The van der Waals surface area contributed by atoms with Gasteiger partial charge in [0.05, 0.1) is 19.1 Å². The van der Waals surface area contributed by atoms with Gasteiger partial charge in [0.2, 0.25) is 5.56 Å². The van der Waals surface area contributed by atoms with E-state index < -0.39 is 18.2 Å². The maximum atomic E-state index is 11.2. The minimum Gasteiger partial charge on any atom is -0.466 e. The largest absolute Gasteiger partial charge is 0.466 e. The molecule has 1 aromatic heterocycles. The molecule has 6 nitrogen and oxygen atoms in total. The quantitative estimate of drug-likeness (QED) is 0.645. The van der Waals surface area contributed by atoms with Gasteiger partial charge in [-0.2, -0.15) is 0 Å². The summed E-state index contributed by atoms with van der Waals surface area (Å²) in [5.74, 6) is -0.578. The molecule has 0 bridgehead atoms. The number of aryl methyl sites for hydroxylation is 1.